The van der Waals surface area contributed by atoms with Crippen molar-refractivity contribution in [2.24, 2.45) is 0 Å². The molecule has 1 amide bonds. The summed E-state index contributed by atoms with van der Waals surface area (Å²) in [6, 6.07) is 20.1. The lowest BCUT2D eigenvalue weighted by Crippen LogP contribution is -2.33. The molecule has 0 saturated heterocycles. The predicted molar refractivity (Wildman–Crippen MR) is 146 cm³/mol. The summed E-state index contributed by atoms with van der Waals surface area (Å²) in [5, 5.41) is 12.1. The lowest BCUT2D eigenvalue weighted by atomic mass is 10.1. The van der Waals surface area contributed by atoms with Crippen LogP contribution in [0.3, 0.4) is 0 Å². The molecular weight excluding hydrogens is 504 g/mol. The number of hydrogen-bond acceptors (Lipinski definition) is 6. The monoisotopic (exact) mass is 534 g/mol. The number of rotatable bonds is 8. The van der Waals surface area contributed by atoms with Crippen LogP contribution in [0.1, 0.15) is 62.1 Å². The highest BCUT2D eigenvalue weighted by Gasteiger charge is 2.23. The van der Waals surface area contributed by atoms with E-state index >= 15 is 0 Å². The van der Waals surface area contributed by atoms with Gasteiger partial charge in [0.1, 0.15) is 16.9 Å². The molecule has 0 aliphatic heterocycles. The number of aromatic nitrogens is 3. The number of nitrogens with zero attached hydrogens (tertiary/aromatic N) is 3. The highest BCUT2D eigenvalue weighted by molar-refractivity contribution is 6.31. The third kappa shape index (κ3) is 6.69. The van der Waals surface area contributed by atoms with Gasteiger partial charge in [-0.05, 0) is 82.1 Å². The molecule has 1 unspecified atom stereocenters. The molecule has 9 heteroatoms. The Morgan fingerprint density at radius 3 is 2.47 bits per heavy atom. The smallest absolute Gasteiger partial charge is 0.347 e. The molecule has 1 heterocycles. The van der Waals surface area contributed by atoms with Gasteiger partial charge in [-0.15, -0.1) is 5.10 Å². The number of carbonyl (C=O) groups is 2. The van der Waals surface area contributed by atoms with Gasteiger partial charge < -0.3 is 14.8 Å². The van der Waals surface area contributed by atoms with Crippen LogP contribution in [0.15, 0.2) is 66.7 Å². The summed E-state index contributed by atoms with van der Waals surface area (Å²) in [6.07, 6.45) is -0.787. The molecule has 0 fully saturated rings. The third-order valence-electron chi connectivity index (χ3n) is 5.81. The molecule has 0 spiro atoms. The number of hydrogen-bond donors (Lipinski definition) is 1. The zero-order valence-electron chi connectivity index (χ0n) is 22.1. The van der Waals surface area contributed by atoms with E-state index in [0.29, 0.717) is 28.4 Å². The maximum atomic E-state index is 12.8. The van der Waals surface area contributed by atoms with Crippen molar-refractivity contribution in [2.45, 2.75) is 58.9 Å². The number of nitrogens with one attached hydrogen (secondary N) is 1. The second-order valence-electron chi connectivity index (χ2n) is 10.1. The van der Waals surface area contributed by atoms with E-state index in [1.807, 2.05) is 43.3 Å². The van der Waals surface area contributed by atoms with Crippen molar-refractivity contribution in [2.75, 3.05) is 0 Å². The summed E-state index contributed by atoms with van der Waals surface area (Å²) >= 11 is 6.45. The van der Waals surface area contributed by atoms with E-state index in [-0.39, 0.29) is 11.9 Å². The fraction of sp³-hybridized carbons (Fsp3) is 0.310. The van der Waals surface area contributed by atoms with Gasteiger partial charge >= 0.3 is 5.97 Å². The number of ether oxygens (including phenoxy) is 2. The summed E-state index contributed by atoms with van der Waals surface area (Å²) < 4.78 is 12.9. The van der Waals surface area contributed by atoms with E-state index in [2.05, 4.69) is 15.6 Å². The van der Waals surface area contributed by atoms with Crippen LogP contribution >= 0.6 is 11.6 Å². The van der Waals surface area contributed by atoms with Crippen LogP contribution in [-0.2, 0) is 16.1 Å². The zero-order valence-corrected chi connectivity index (χ0v) is 22.8. The molecule has 38 heavy (non-hydrogen) atoms. The molecule has 198 valence electrons. The van der Waals surface area contributed by atoms with Crippen molar-refractivity contribution in [3.63, 3.8) is 0 Å². The van der Waals surface area contributed by atoms with Crippen molar-refractivity contribution in [3.8, 4) is 5.75 Å². The maximum absolute atomic E-state index is 12.8. The SMILES string of the molecule is CC(Oc1ccc(Cl)c(Cn2nnc3cc(C(=O)N[C@@H](C)c4ccccc4)ccc32)c1)C(=O)OC(C)(C)C. The average Bonchev–Trinajstić information content (AvgIpc) is 3.27. The van der Waals surface area contributed by atoms with E-state index < -0.39 is 17.7 Å². The van der Waals surface area contributed by atoms with E-state index in [1.165, 1.54) is 0 Å². The van der Waals surface area contributed by atoms with Gasteiger partial charge in [-0.3, -0.25) is 4.79 Å². The number of amides is 1. The van der Waals surface area contributed by atoms with E-state index in [1.54, 1.807) is 62.7 Å². The van der Waals surface area contributed by atoms with Gasteiger partial charge in [0.2, 0.25) is 0 Å². The zero-order chi connectivity index (χ0) is 27.4. The predicted octanol–water partition coefficient (Wildman–Crippen LogP) is 5.73. The van der Waals surface area contributed by atoms with Gasteiger partial charge in [0.15, 0.2) is 6.10 Å². The van der Waals surface area contributed by atoms with Crippen molar-refractivity contribution in [1.29, 1.82) is 0 Å². The Hall–Kier alpha value is -3.91. The highest BCUT2D eigenvalue weighted by Crippen LogP contribution is 2.25. The van der Waals surface area contributed by atoms with Gasteiger partial charge in [0, 0.05) is 10.6 Å². The Morgan fingerprint density at radius 1 is 1.03 bits per heavy atom. The van der Waals surface area contributed by atoms with Crippen molar-refractivity contribution >= 4 is 34.5 Å². The summed E-state index contributed by atoms with van der Waals surface area (Å²) in [6.45, 7) is 9.33. The highest BCUT2D eigenvalue weighted by atomic mass is 35.5. The molecule has 0 radical (unpaired) electrons. The fourth-order valence-electron chi connectivity index (χ4n) is 3.88. The maximum Gasteiger partial charge on any atom is 0.347 e. The first-order valence-electron chi connectivity index (χ1n) is 12.4. The minimum atomic E-state index is -0.787. The lowest BCUT2D eigenvalue weighted by Gasteiger charge is -2.22. The number of esters is 1. The normalized spacial score (nSPS) is 13.1. The van der Waals surface area contributed by atoms with Crippen molar-refractivity contribution in [3.05, 3.63) is 88.4 Å². The molecule has 0 saturated carbocycles. The molecule has 0 aliphatic rings. The molecule has 4 aromatic rings. The second-order valence-corrected chi connectivity index (χ2v) is 10.5. The molecule has 2 atom stereocenters. The molecule has 0 aliphatic carbocycles. The van der Waals surface area contributed by atoms with Crippen molar-refractivity contribution in [1.82, 2.24) is 20.3 Å². The fourth-order valence-corrected chi connectivity index (χ4v) is 4.06. The summed E-state index contributed by atoms with van der Waals surface area (Å²) in [5.41, 5.74) is 3.00. The first-order valence-corrected chi connectivity index (χ1v) is 12.7. The summed E-state index contributed by atoms with van der Waals surface area (Å²) in [5.74, 6) is -0.155. The standard InChI is InChI=1S/C29H31ClN4O4/c1-18(20-9-7-6-8-10-20)31-27(35)21-11-14-26-25(16-21)32-33-34(26)17-22-15-23(12-13-24(22)30)37-19(2)28(36)38-29(3,4)5/h6-16,18-19H,17H2,1-5H3,(H,31,35)/t18-,19?/m0/s1. The molecule has 1 aromatic heterocycles. The van der Waals surface area contributed by atoms with Crippen LogP contribution in [0.25, 0.3) is 11.0 Å². The minimum Gasteiger partial charge on any atom is -0.479 e. The Kier molecular flexibility index (Phi) is 8.02. The number of benzene rings is 3. The van der Waals surface area contributed by atoms with Crippen molar-refractivity contribution < 1.29 is 19.1 Å². The minimum absolute atomic E-state index is 0.134. The van der Waals surface area contributed by atoms with E-state index in [9.17, 15) is 9.59 Å². The Balaban J connectivity index is 1.47. The lowest BCUT2D eigenvalue weighted by molar-refractivity contribution is -0.162. The Morgan fingerprint density at radius 2 is 1.76 bits per heavy atom. The molecular formula is C29H31ClN4O4. The molecule has 4 rings (SSSR count). The second kappa shape index (κ2) is 11.2. The Bertz CT molecular complexity index is 1450. The van der Waals surface area contributed by atoms with Crippen LogP contribution in [-0.4, -0.2) is 38.6 Å². The van der Waals surface area contributed by atoms with Crippen LogP contribution < -0.4 is 10.1 Å². The van der Waals surface area contributed by atoms with Crippen LogP contribution in [0.5, 0.6) is 5.75 Å². The molecule has 8 nitrogen and oxygen atoms in total. The number of carbonyl (C=O) groups excluding carboxylic acids is 2. The molecule has 1 N–H and O–H groups in total. The quantitative estimate of drug-likeness (QED) is 0.290. The first-order chi connectivity index (χ1) is 18.0. The largest absolute Gasteiger partial charge is 0.479 e. The molecule has 0 bridgehead atoms. The topological polar surface area (TPSA) is 95.3 Å². The van der Waals surface area contributed by atoms with E-state index in [0.717, 1.165) is 16.6 Å². The third-order valence-corrected chi connectivity index (χ3v) is 6.18. The number of fused-ring (bicyclic) bond motifs is 1. The van der Waals surface area contributed by atoms with Gasteiger partial charge in [0.05, 0.1) is 18.1 Å². The van der Waals surface area contributed by atoms with Gasteiger partial charge in [-0.2, -0.15) is 0 Å². The summed E-state index contributed by atoms with van der Waals surface area (Å²) in [7, 11) is 0. The van der Waals surface area contributed by atoms with Crippen LogP contribution in [0.4, 0.5) is 0 Å². The van der Waals surface area contributed by atoms with E-state index in [4.69, 9.17) is 21.1 Å². The summed E-state index contributed by atoms with van der Waals surface area (Å²) in [4.78, 5) is 25.1. The average molecular weight is 535 g/mol. The van der Waals surface area contributed by atoms with Crippen LogP contribution in [0.2, 0.25) is 5.02 Å². The Labute approximate surface area is 226 Å². The first kappa shape index (κ1) is 27.1. The van der Waals surface area contributed by atoms with Gasteiger partial charge in [-0.1, -0.05) is 47.1 Å². The van der Waals surface area contributed by atoms with Gasteiger partial charge in [-0.25, -0.2) is 9.48 Å². The molecule has 3 aromatic carbocycles. The van der Waals surface area contributed by atoms with Gasteiger partial charge in [0.25, 0.3) is 5.91 Å². The number of halogens is 1. The van der Waals surface area contributed by atoms with Crippen LogP contribution in [0, 0.1) is 0 Å².